The zero-order chi connectivity index (χ0) is 53.1. The lowest BCUT2D eigenvalue weighted by molar-refractivity contribution is -0.894. The second kappa shape index (κ2) is 47.3. The second-order valence-electron chi connectivity index (χ2n) is 14.8. The monoisotopic (exact) mass is 949 g/mol. The first kappa shape index (κ1) is 73.4. The molecule has 1 aromatic carbocycles. The van der Waals surface area contributed by atoms with Crippen LogP contribution in [0.3, 0.4) is 0 Å². The molecule has 0 amide bonds. The molecule has 0 saturated heterocycles. The topological polar surface area (TPSA) is 267 Å². The standard InChI is InChI=1S/C12H6O12.6C6H15N/c13-7(14)1-2(8(15)16)4(10(19)20)6(12(23)24)5(11(21)22)3(1)9(17)18;6*1-4-7(5-2)6-3/h(H,13,14)(H,15,16)(H,17,18)(H,19,20)(H,21,22)(H,23,24);6*4-6H2,1-3H3. The van der Waals surface area contributed by atoms with Crippen LogP contribution in [0.5, 0.6) is 0 Å². The van der Waals surface area contributed by atoms with Crippen LogP contribution in [0.2, 0.25) is 0 Å². The first-order valence-corrected chi connectivity index (χ1v) is 24.5. The maximum absolute atomic E-state index is 11.0. The Balaban J connectivity index is -0.000000177. The molecule has 18 nitrogen and oxygen atoms in total. The molecule has 0 fully saturated rings. The third-order valence-electron chi connectivity index (χ3n) is 11.7. The Kier molecular flexibility index (Phi) is 52.6. The van der Waals surface area contributed by atoms with E-state index in [0.29, 0.717) is 0 Å². The summed E-state index contributed by atoms with van der Waals surface area (Å²) in [5, 5.41) is 66.0. The molecule has 0 aromatic heterocycles. The van der Waals surface area contributed by atoms with E-state index >= 15 is 0 Å². The summed E-state index contributed by atoms with van der Waals surface area (Å²) in [6, 6.07) is 0. The van der Waals surface area contributed by atoms with Crippen molar-refractivity contribution < 1.29 is 88.8 Å². The highest BCUT2D eigenvalue weighted by molar-refractivity contribution is 6.21. The van der Waals surface area contributed by atoms with E-state index in [1.165, 1.54) is 118 Å². The molecular weight excluding hydrogens is 853 g/mol. The minimum Gasteiger partial charge on any atom is -0.545 e. The van der Waals surface area contributed by atoms with Crippen LogP contribution in [0.4, 0.5) is 0 Å². The Hall–Kier alpha value is -4.20. The van der Waals surface area contributed by atoms with Crippen molar-refractivity contribution in [3.8, 4) is 0 Å². The lowest BCUT2D eigenvalue weighted by Crippen LogP contribution is -3.11. The van der Waals surface area contributed by atoms with Gasteiger partial charge >= 0.3 is 0 Å². The molecule has 66 heavy (non-hydrogen) atoms. The van der Waals surface area contributed by atoms with E-state index in [9.17, 15) is 59.4 Å². The zero-order valence-electron chi connectivity index (χ0n) is 44.6. The normalized spacial score (nSPS) is 10.2. The van der Waals surface area contributed by atoms with Gasteiger partial charge in [-0.15, -0.1) is 0 Å². The highest BCUT2D eigenvalue weighted by atomic mass is 16.4. The summed E-state index contributed by atoms with van der Waals surface area (Å²) in [6.07, 6.45) is 0. The van der Waals surface area contributed by atoms with Crippen LogP contribution in [0.25, 0.3) is 0 Å². The number of carbonyl (C=O) groups excluding carboxylic acids is 6. The molecule has 1 rings (SSSR count). The Morgan fingerprint density at radius 2 is 0.273 bits per heavy atom. The van der Waals surface area contributed by atoms with Crippen LogP contribution in [-0.4, -0.2) is 154 Å². The van der Waals surface area contributed by atoms with Gasteiger partial charge in [0.25, 0.3) is 0 Å². The predicted molar refractivity (Wildman–Crippen MR) is 248 cm³/mol. The van der Waals surface area contributed by atoms with Crippen LogP contribution in [0.15, 0.2) is 0 Å². The van der Waals surface area contributed by atoms with Gasteiger partial charge in [-0.3, -0.25) is 0 Å². The van der Waals surface area contributed by atoms with Crippen LogP contribution >= 0.6 is 0 Å². The van der Waals surface area contributed by atoms with Gasteiger partial charge in [-0.1, -0.05) is 0 Å². The molecule has 0 spiro atoms. The summed E-state index contributed by atoms with van der Waals surface area (Å²) in [4.78, 5) is 76.1. The van der Waals surface area contributed by atoms with E-state index in [2.05, 4.69) is 125 Å². The van der Waals surface area contributed by atoms with Gasteiger partial charge in [0, 0.05) is 33.4 Å². The number of hydrogen-bond donors (Lipinski definition) is 6. The molecule has 6 N–H and O–H groups in total. The van der Waals surface area contributed by atoms with E-state index in [1.54, 1.807) is 29.4 Å². The van der Waals surface area contributed by atoms with E-state index in [1.807, 2.05) is 0 Å². The number of quaternary nitrogens is 6. The molecule has 0 aliphatic carbocycles. The van der Waals surface area contributed by atoms with E-state index < -0.39 is 69.2 Å². The first-order valence-electron chi connectivity index (χ1n) is 24.5. The van der Waals surface area contributed by atoms with Crippen LogP contribution < -0.4 is 60.0 Å². The minimum absolute atomic E-state index is 1.27. The molecule has 0 saturated carbocycles. The molecule has 0 aliphatic heterocycles. The summed E-state index contributed by atoms with van der Waals surface area (Å²) >= 11 is 0. The van der Waals surface area contributed by atoms with Gasteiger partial charge < -0.3 is 88.8 Å². The van der Waals surface area contributed by atoms with Crippen LogP contribution in [-0.2, 0) is 0 Å². The quantitative estimate of drug-likeness (QED) is 0.0565. The number of benzene rings is 1. The number of hydrogen-bond acceptors (Lipinski definition) is 12. The number of carboxylic acid groups (broad SMARTS) is 6. The summed E-state index contributed by atoms with van der Waals surface area (Å²) in [7, 11) is 0. The van der Waals surface area contributed by atoms with Gasteiger partial charge in [0.2, 0.25) is 0 Å². The number of aromatic carboxylic acids is 6. The summed E-state index contributed by atoms with van der Waals surface area (Å²) in [6.45, 7) is 62.9. The lowest BCUT2D eigenvalue weighted by Gasteiger charge is -2.28. The van der Waals surface area contributed by atoms with E-state index in [0.717, 1.165) is 0 Å². The number of rotatable bonds is 24. The van der Waals surface area contributed by atoms with Crippen molar-refractivity contribution in [2.45, 2.75) is 125 Å². The molecule has 18 heteroatoms. The first-order chi connectivity index (χ1) is 31.0. The third-order valence-corrected chi connectivity index (χ3v) is 11.7. The Bertz CT molecular complexity index is 1100. The fraction of sp³-hybridized carbons (Fsp3) is 0.750. The molecule has 0 atom stereocenters. The molecular formula is C48H96N6O12. The van der Waals surface area contributed by atoms with Crippen molar-refractivity contribution in [2.75, 3.05) is 118 Å². The Morgan fingerprint density at radius 1 is 0.212 bits per heavy atom. The average molecular weight is 949 g/mol. The van der Waals surface area contributed by atoms with Gasteiger partial charge in [-0.05, 0) is 125 Å². The predicted octanol–water partition coefficient (Wildman–Crippen LogP) is -8.55. The van der Waals surface area contributed by atoms with Gasteiger partial charge in [-0.2, -0.15) is 0 Å². The summed E-state index contributed by atoms with van der Waals surface area (Å²) in [5.41, 5.74) is -12.0. The van der Waals surface area contributed by atoms with Crippen molar-refractivity contribution in [3.05, 3.63) is 33.4 Å². The third kappa shape index (κ3) is 32.5. The maximum atomic E-state index is 11.0. The summed E-state index contributed by atoms with van der Waals surface area (Å²) in [5.74, 6) is -16.0. The van der Waals surface area contributed by atoms with Crippen molar-refractivity contribution in [1.29, 1.82) is 0 Å². The molecule has 0 aliphatic rings. The highest BCUT2D eigenvalue weighted by Gasteiger charge is 2.27. The van der Waals surface area contributed by atoms with Gasteiger partial charge in [-0.25, -0.2) is 0 Å². The fourth-order valence-electron chi connectivity index (χ4n) is 6.47. The van der Waals surface area contributed by atoms with Crippen LogP contribution in [0, 0.1) is 0 Å². The van der Waals surface area contributed by atoms with Gasteiger partial charge in [0.05, 0.1) is 154 Å². The van der Waals surface area contributed by atoms with Crippen molar-refractivity contribution in [2.24, 2.45) is 0 Å². The van der Waals surface area contributed by atoms with E-state index in [4.69, 9.17) is 0 Å². The lowest BCUT2D eigenvalue weighted by atomic mass is 9.86. The SMILES string of the molecule is CC[NH+](CC)CC.CC[NH+](CC)CC.CC[NH+](CC)CC.CC[NH+](CC)CC.CC[NH+](CC)CC.CC[NH+](CC)CC.O=C([O-])c1c(C(=O)[O-])c(C(=O)[O-])c(C(=O)[O-])c(C(=O)[O-])c1C(=O)[O-]. The highest BCUT2D eigenvalue weighted by Crippen LogP contribution is 2.27. The van der Waals surface area contributed by atoms with Crippen LogP contribution in [0.1, 0.15) is 187 Å². The molecule has 0 heterocycles. The largest absolute Gasteiger partial charge is 0.545 e. The average Bonchev–Trinajstić information content (AvgIpc) is 3.30. The van der Waals surface area contributed by atoms with Crippen molar-refractivity contribution in [1.82, 2.24) is 0 Å². The molecule has 0 unspecified atom stereocenters. The molecule has 0 radical (unpaired) electrons. The number of nitrogens with one attached hydrogen (secondary N) is 6. The molecule has 1 aromatic rings. The van der Waals surface area contributed by atoms with Crippen molar-refractivity contribution >= 4 is 35.8 Å². The van der Waals surface area contributed by atoms with Crippen molar-refractivity contribution in [3.63, 3.8) is 0 Å². The zero-order valence-corrected chi connectivity index (χ0v) is 44.6. The Labute approximate surface area is 399 Å². The Morgan fingerprint density at radius 3 is 0.288 bits per heavy atom. The number of carboxylic acids is 6. The molecule has 390 valence electrons. The maximum Gasteiger partial charge on any atom is 0.0742 e. The fourth-order valence-corrected chi connectivity index (χ4v) is 6.47. The minimum atomic E-state index is -2.66. The second-order valence-corrected chi connectivity index (χ2v) is 14.8. The van der Waals surface area contributed by atoms with Gasteiger partial charge in [0.1, 0.15) is 0 Å². The molecule has 0 bridgehead atoms. The van der Waals surface area contributed by atoms with Gasteiger partial charge in [0.15, 0.2) is 0 Å². The number of carbonyl (C=O) groups is 6. The smallest absolute Gasteiger partial charge is 0.0742 e. The van der Waals surface area contributed by atoms with E-state index in [-0.39, 0.29) is 0 Å². The summed E-state index contributed by atoms with van der Waals surface area (Å²) < 4.78 is 0.